The Balaban J connectivity index is 2.10. The minimum atomic E-state index is 0.985. The van der Waals surface area contributed by atoms with Crippen molar-refractivity contribution < 1.29 is 0 Å². The maximum Gasteiger partial charge on any atom is 0.0818 e. The molecule has 0 amide bonds. The number of pyridine rings is 2. The number of aromatic nitrogens is 3. The highest BCUT2D eigenvalue weighted by atomic mass is 15.2. The molecule has 0 fully saturated rings. The van der Waals surface area contributed by atoms with Gasteiger partial charge in [-0.15, -0.1) is 0 Å². The summed E-state index contributed by atoms with van der Waals surface area (Å²) in [6, 6.07) is 16.4. The van der Waals surface area contributed by atoms with Crippen LogP contribution in [0, 0.1) is 0 Å². The van der Waals surface area contributed by atoms with Crippen LogP contribution in [0.2, 0.25) is 0 Å². The van der Waals surface area contributed by atoms with E-state index in [4.69, 9.17) is 0 Å². The van der Waals surface area contributed by atoms with E-state index >= 15 is 0 Å². The van der Waals surface area contributed by atoms with Gasteiger partial charge in [-0.2, -0.15) is 5.10 Å². The SMILES string of the molecule is c1ccc2c(-c3cnn4ccccc34)nccc2c1. The molecule has 3 aromatic heterocycles. The Labute approximate surface area is 110 Å². The summed E-state index contributed by atoms with van der Waals surface area (Å²) in [5, 5.41) is 6.73. The molecule has 0 aliphatic rings. The fourth-order valence-electron chi connectivity index (χ4n) is 2.45. The first-order valence-electron chi connectivity index (χ1n) is 6.20. The van der Waals surface area contributed by atoms with Gasteiger partial charge >= 0.3 is 0 Å². The van der Waals surface area contributed by atoms with Crippen molar-refractivity contribution in [3.63, 3.8) is 0 Å². The molecule has 0 bridgehead atoms. The third-order valence-corrected chi connectivity index (χ3v) is 3.36. The molecule has 0 saturated heterocycles. The Kier molecular flexibility index (Phi) is 2.12. The van der Waals surface area contributed by atoms with Crippen molar-refractivity contribution in [2.24, 2.45) is 0 Å². The summed E-state index contributed by atoms with van der Waals surface area (Å²) >= 11 is 0. The summed E-state index contributed by atoms with van der Waals surface area (Å²) in [4.78, 5) is 4.55. The molecule has 90 valence electrons. The molecule has 0 saturated carbocycles. The second-order valence-corrected chi connectivity index (χ2v) is 4.47. The first-order valence-corrected chi connectivity index (χ1v) is 6.20. The largest absolute Gasteiger partial charge is 0.255 e. The van der Waals surface area contributed by atoms with E-state index < -0.39 is 0 Å². The highest BCUT2D eigenvalue weighted by molar-refractivity contribution is 5.97. The normalized spacial score (nSPS) is 11.2. The standard InChI is InChI=1S/C16H11N3/c1-2-6-13-12(5-1)8-9-17-16(13)14-11-18-19-10-4-3-7-15(14)19/h1-11H. The van der Waals surface area contributed by atoms with Crippen molar-refractivity contribution in [1.29, 1.82) is 0 Å². The summed E-state index contributed by atoms with van der Waals surface area (Å²) < 4.78 is 1.87. The van der Waals surface area contributed by atoms with E-state index in [0.717, 1.165) is 22.2 Å². The van der Waals surface area contributed by atoms with Gasteiger partial charge in [-0.1, -0.05) is 30.3 Å². The number of fused-ring (bicyclic) bond motifs is 2. The van der Waals surface area contributed by atoms with Crippen molar-refractivity contribution in [3.8, 4) is 11.3 Å². The summed E-state index contributed by atoms with van der Waals surface area (Å²) in [7, 11) is 0. The Morgan fingerprint density at radius 2 is 1.79 bits per heavy atom. The second-order valence-electron chi connectivity index (χ2n) is 4.47. The predicted molar refractivity (Wildman–Crippen MR) is 75.9 cm³/mol. The highest BCUT2D eigenvalue weighted by Crippen LogP contribution is 2.29. The quantitative estimate of drug-likeness (QED) is 0.513. The molecule has 0 unspecified atom stereocenters. The lowest BCUT2D eigenvalue weighted by Crippen LogP contribution is -1.86. The van der Waals surface area contributed by atoms with Gasteiger partial charge in [-0.05, 0) is 23.6 Å². The van der Waals surface area contributed by atoms with Gasteiger partial charge in [0.1, 0.15) is 0 Å². The molecule has 0 aliphatic carbocycles. The highest BCUT2D eigenvalue weighted by Gasteiger charge is 2.10. The average molecular weight is 245 g/mol. The lowest BCUT2D eigenvalue weighted by molar-refractivity contribution is 0.961. The van der Waals surface area contributed by atoms with Gasteiger partial charge in [0.05, 0.1) is 17.4 Å². The molecule has 4 aromatic rings. The van der Waals surface area contributed by atoms with Crippen molar-refractivity contribution in [2.75, 3.05) is 0 Å². The number of benzene rings is 1. The van der Waals surface area contributed by atoms with Gasteiger partial charge in [-0.25, -0.2) is 4.52 Å². The summed E-state index contributed by atoms with van der Waals surface area (Å²) in [5.41, 5.74) is 3.13. The van der Waals surface area contributed by atoms with Crippen LogP contribution in [-0.4, -0.2) is 14.6 Å². The molecule has 0 atom stereocenters. The molecule has 0 N–H and O–H groups in total. The number of rotatable bonds is 1. The molecule has 19 heavy (non-hydrogen) atoms. The molecule has 0 aliphatic heterocycles. The smallest absolute Gasteiger partial charge is 0.0818 e. The van der Waals surface area contributed by atoms with Crippen LogP contribution in [0.5, 0.6) is 0 Å². The summed E-state index contributed by atoms with van der Waals surface area (Å²) in [6.07, 6.45) is 5.68. The summed E-state index contributed by atoms with van der Waals surface area (Å²) in [5.74, 6) is 0. The van der Waals surface area contributed by atoms with Crippen LogP contribution in [0.4, 0.5) is 0 Å². The molecular formula is C16H11N3. The van der Waals surface area contributed by atoms with Gasteiger partial charge in [-0.3, -0.25) is 4.98 Å². The fraction of sp³-hybridized carbons (Fsp3) is 0. The van der Waals surface area contributed by atoms with E-state index in [9.17, 15) is 0 Å². The van der Waals surface area contributed by atoms with Crippen molar-refractivity contribution in [1.82, 2.24) is 14.6 Å². The van der Waals surface area contributed by atoms with Crippen molar-refractivity contribution in [2.45, 2.75) is 0 Å². The second kappa shape index (κ2) is 3.92. The zero-order valence-corrected chi connectivity index (χ0v) is 10.2. The topological polar surface area (TPSA) is 30.2 Å². The lowest BCUT2D eigenvalue weighted by atomic mass is 10.1. The van der Waals surface area contributed by atoms with Crippen LogP contribution < -0.4 is 0 Å². The van der Waals surface area contributed by atoms with E-state index in [1.807, 2.05) is 53.4 Å². The van der Waals surface area contributed by atoms with E-state index in [1.54, 1.807) is 0 Å². The van der Waals surface area contributed by atoms with Gasteiger partial charge in [0.2, 0.25) is 0 Å². The van der Waals surface area contributed by atoms with E-state index in [0.29, 0.717) is 0 Å². The zero-order valence-electron chi connectivity index (χ0n) is 10.2. The monoisotopic (exact) mass is 245 g/mol. The van der Waals surface area contributed by atoms with Crippen LogP contribution >= 0.6 is 0 Å². The number of nitrogens with zero attached hydrogens (tertiary/aromatic N) is 3. The maximum atomic E-state index is 4.55. The van der Waals surface area contributed by atoms with Gasteiger partial charge < -0.3 is 0 Å². The molecular weight excluding hydrogens is 234 g/mol. The minimum absolute atomic E-state index is 0.985. The molecule has 3 heteroatoms. The van der Waals surface area contributed by atoms with Crippen LogP contribution in [0.15, 0.2) is 67.1 Å². The molecule has 3 heterocycles. The minimum Gasteiger partial charge on any atom is -0.255 e. The number of hydrogen-bond acceptors (Lipinski definition) is 2. The Bertz CT molecular complexity index is 872. The first kappa shape index (κ1) is 10.3. The van der Waals surface area contributed by atoms with Crippen LogP contribution in [-0.2, 0) is 0 Å². The molecule has 0 radical (unpaired) electrons. The Hall–Kier alpha value is -2.68. The molecule has 4 rings (SSSR count). The Morgan fingerprint density at radius 1 is 0.895 bits per heavy atom. The summed E-state index contributed by atoms with van der Waals surface area (Å²) in [6.45, 7) is 0. The van der Waals surface area contributed by atoms with Gasteiger partial charge in [0.15, 0.2) is 0 Å². The van der Waals surface area contributed by atoms with Gasteiger partial charge in [0, 0.05) is 23.3 Å². The van der Waals surface area contributed by atoms with Crippen molar-refractivity contribution >= 4 is 16.3 Å². The lowest BCUT2D eigenvalue weighted by Gasteiger charge is -2.04. The molecule has 0 spiro atoms. The van der Waals surface area contributed by atoms with Gasteiger partial charge in [0.25, 0.3) is 0 Å². The van der Waals surface area contributed by atoms with E-state index in [-0.39, 0.29) is 0 Å². The number of hydrogen-bond donors (Lipinski definition) is 0. The third-order valence-electron chi connectivity index (χ3n) is 3.36. The zero-order chi connectivity index (χ0) is 12.7. The van der Waals surface area contributed by atoms with E-state index in [2.05, 4.69) is 28.3 Å². The molecule has 3 nitrogen and oxygen atoms in total. The molecule has 1 aromatic carbocycles. The fourth-order valence-corrected chi connectivity index (χ4v) is 2.45. The average Bonchev–Trinajstić information content (AvgIpc) is 2.90. The van der Waals surface area contributed by atoms with Crippen LogP contribution in [0.3, 0.4) is 0 Å². The predicted octanol–water partition coefficient (Wildman–Crippen LogP) is 3.55. The first-order chi connectivity index (χ1) is 9.43. The van der Waals surface area contributed by atoms with Crippen molar-refractivity contribution in [3.05, 3.63) is 67.1 Å². The van der Waals surface area contributed by atoms with Crippen LogP contribution in [0.1, 0.15) is 0 Å². The Morgan fingerprint density at radius 3 is 2.79 bits per heavy atom. The van der Waals surface area contributed by atoms with Crippen LogP contribution in [0.25, 0.3) is 27.5 Å². The maximum absolute atomic E-state index is 4.55. The third kappa shape index (κ3) is 1.52. The van der Waals surface area contributed by atoms with E-state index in [1.165, 1.54) is 5.39 Å².